The maximum atomic E-state index is 13.0. The molecule has 2 aromatic carbocycles. The highest BCUT2D eigenvalue weighted by molar-refractivity contribution is 5.79. The summed E-state index contributed by atoms with van der Waals surface area (Å²) >= 11 is 0. The summed E-state index contributed by atoms with van der Waals surface area (Å²) in [7, 11) is 0. The molecular formula is C16H13FO2. The minimum atomic E-state index is -0.441. The van der Waals surface area contributed by atoms with Gasteiger partial charge in [0.1, 0.15) is 17.3 Å². The summed E-state index contributed by atoms with van der Waals surface area (Å²) in [5.74, 6) is 0.633. The van der Waals surface area contributed by atoms with Gasteiger partial charge in [0, 0.05) is 0 Å². The molecule has 1 aliphatic rings. The molecule has 0 N–H and O–H groups in total. The van der Waals surface area contributed by atoms with Crippen molar-refractivity contribution >= 4 is 6.29 Å². The molecule has 0 saturated carbocycles. The van der Waals surface area contributed by atoms with Crippen LogP contribution in [-0.2, 0) is 12.8 Å². The van der Waals surface area contributed by atoms with E-state index in [1.54, 1.807) is 0 Å². The minimum Gasteiger partial charge on any atom is -0.457 e. The van der Waals surface area contributed by atoms with Crippen LogP contribution in [-0.4, -0.2) is 6.29 Å². The lowest BCUT2D eigenvalue weighted by Gasteiger charge is -2.09. The smallest absolute Gasteiger partial charge is 0.153 e. The van der Waals surface area contributed by atoms with Gasteiger partial charge in [-0.3, -0.25) is 4.79 Å². The fraction of sp³-hybridized carbons (Fsp3) is 0.188. The lowest BCUT2D eigenvalue weighted by atomic mass is 10.1. The van der Waals surface area contributed by atoms with Crippen LogP contribution in [0.15, 0.2) is 36.4 Å². The van der Waals surface area contributed by atoms with E-state index >= 15 is 0 Å². The monoisotopic (exact) mass is 256 g/mol. The molecule has 0 radical (unpaired) electrons. The van der Waals surface area contributed by atoms with Gasteiger partial charge in [-0.1, -0.05) is 6.07 Å². The molecule has 1 aliphatic carbocycles. The lowest BCUT2D eigenvalue weighted by Crippen LogP contribution is -1.92. The number of aryl methyl sites for hydroxylation is 2. The Hall–Kier alpha value is -2.16. The molecule has 0 spiro atoms. The Balaban J connectivity index is 1.91. The molecule has 0 unspecified atom stereocenters. The van der Waals surface area contributed by atoms with E-state index in [-0.39, 0.29) is 5.56 Å². The van der Waals surface area contributed by atoms with Crippen molar-refractivity contribution in [1.82, 2.24) is 0 Å². The Morgan fingerprint density at radius 3 is 2.74 bits per heavy atom. The number of carbonyl (C=O) groups is 1. The van der Waals surface area contributed by atoms with Crippen LogP contribution in [0.2, 0.25) is 0 Å². The molecule has 19 heavy (non-hydrogen) atoms. The highest BCUT2D eigenvalue weighted by Crippen LogP contribution is 2.30. The van der Waals surface area contributed by atoms with Crippen molar-refractivity contribution in [3.63, 3.8) is 0 Å². The lowest BCUT2D eigenvalue weighted by molar-refractivity contribution is 0.112. The molecule has 96 valence electrons. The SMILES string of the molecule is O=Cc1cc(F)ccc1Oc1ccc2c(c1)CCC2. The third-order valence-electron chi connectivity index (χ3n) is 3.40. The second-order valence-corrected chi connectivity index (χ2v) is 4.69. The van der Waals surface area contributed by atoms with Crippen LogP contribution in [0.4, 0.5) is 4.39 Å². The van der Waals surface area contributed by atoms with Crippen molar-refractivity contribution < 1.29 is 13.9 Å². The molecule has 2 nitrogen and oxygen atoms in total. The maximum absolute atomic E-state index is 13.0. The summed E-state index contributed by atoms with van der Waals surface area (Å²) in [6, 6.07) is 9.89. The predicted octanol–water partition coefficient (Wildman–Crippen LogP) is 3.92. The molecule has 2 aromatic rings. The molecule has 0 saturated heterocycles. The Kier molecular flexibility index (Phi) is 3.03. The quantitative estimate of drug-likeness (QED) is 0.778. The highest BCUT2D eigenvalue weighted by atomic mass is 19.1. The third-order valence-corrected chi connectivity index (χ3v) is 3.40. The van der Waals surface area contributed by atoms with Crippen molar-refractivity contribution in [2.45, 2.75) is 19.3 Å². The summed E-state index contributed by atoms with van der Waals surface area (Å²) in [6.07, 6.45) is 3.96. The van der Waals surface area contributed by atoms with E-state index in [1.165, 1.54) is 35.7 Å². The van der Waals surface area contributed by atoms with Crippen molar-refractivity contribution in [3.05, 3.63) is 58.9 Å². The molecule has 0 heterocycles. The maximum Gasteiger partial charge on any atom is 0.153 e. The van der Waals surface area contributed by atoms with E-state index in [0.29, 0.717) is 17.8 Å². The van der Waals surface area contributed by atoms with Crippen LogP contribution in [0, 0.1) is 5.82 Å². The zero-order valence-electron chi connectivity index (χ0n) is 10.4. The Bertz CT molecular complexity index is 635. The first-order chi connectivity index (χ1) is 9.26. The van der Waals surface area contributed by atoms with Crippen LogP contribution in [0.25, 0.3) is 0 Å². The molecule has 0 atom stereocenters. The van der Waals surface area contributed by atoms with Gasteiger partial charge < -0.3 is 4.74 Å². The van der Waals surface area contributed by atoms with E-state index < -0.39 is 5.82 Å². The van der Waals surface area contributed by atoms with Gasteiger partial charge in [0.25, 0.3) is 0 Å². The predicted molar refractivity (Wildman–Crippen MR) is 70.3 cm³/mol. The Morgan fingerprint density at radius 2 is 1.89 bits per heavy atom. The third kappa shape index (κ3) is 2.36. The van der Waals surface area contributed by atoms with Gasteiger partial charge in [0.05, 0.1) is 5.56 Å². The molecule has 3 heteroatoms. The molecule has 0 amide bonds. The van der Waals surface area contributed by atoms with Crippen LogP contribution >= 0.6 is 0 Å². The van der Waals surface area contributed by atoms with E-state index in [1.807, 2.05) is 12.1 Å². The first-order valence-electron chi connectivity index (χ1n) is 6.30. The number of halogens is 1. The van der Waals surface area contributed by atoms with Gasteiger partial charge in [-0.2, -0.15) is 0 Å². The van der Waals surface area contributed by atoms with Crippen molar-refractivity contribution in [3.8, 4) is 11.5 Å². The molecule has 0 aromatic heterocycles. The molecule has 0 aliphatic heterocycles. The van der Waals surface area contributed by atoms with Gasteiger partial charge in [-0.15, -0.1) is 0 Å². The Morgan fingerprint density at radius 1 is 1.05 bits per heavy atom. The van der Waals surface area contributed by atoms with Crippen LogP contribution in [0.5, 0.6) is 11.5 Å². The van der Waals surface area contributed by atoms with Gasteiger partial charge >= 0.3 is 0 Å². The molecular weight excluding hydrogens is 243 g/mol. The second-order valence-electron chi connectivity index (χ2n) is 4.69. The van der Waals surface area contributed by atoms with Gasteiger partial charge in [0.2, 0.25) is 0 Å². The van der Waals surface area contributed by atoms with E-state index in [0.717, 1.165) is 12.8 Å². The number of fused-ring (bicyclic) bond motifs is 1. The summed E-state index contributed by atoms with van der Waals surface area (Å²) in [4.78, 5) is 10.9. The highest BCUT2D eigenvalue weighted by Gasteiger charge is 2.12. The van der Waals surface area contributed by atoms with Crippen molar-refractivity contribution in [2.24, 2.45) is 0 Å². The van der Waals surface area contributed by atoms with Gasteiger partial charge in [-0.05, 0) is 60.7 Å². The first kappa shape index (κ1) is 11.9. The number of hydrogen-bond acceptors (Lipinski definition) is 2. The first-order valence-corrected chi connectivity index (χ1v) is 6.30. The van der Waals surface area contributed by atoms with Crippen LogP contribution in [0.3, 0.4) is 0 Å². The van der Waals surface area contributed by atoms with Crippen molar-refractivity contribution in [2.75, 3.05) is 0 Å². The standard InChI is InChI=1S/C16H13FO2/c17-14-5-7-16(13(8-14)10-18)19-15-6-4-11-2-1-3-12(11)9-15/h4-10H,1-3H2. The summed E-state index contributed by atoms with van der Waals surface area (Å²) in [5.41, 5.74) is 2.88. The van der Waals surface area contributed by atoms with E-state index in [9.17, 15) is 9.18 Å². The zero-order valence-corrected chi connectivity index (χ0v) is 10.4. The van der Waals surface area contributed by atoms with E-state index in [2.05, 4.69) is 6.07 Å². The van der Waals surface area contributed by atoms with Gasteiger partial charge in [0.15, 0.2) is 6.29 Å². The molecule has 0 fully saturated rings. The summed E-state index contributed by atoms with van der Waals surface area (Å²) < 4.78 is 18.7. The van der Waals surface area contributed by atoms with Gasteiger partial charge in [-0.25, -0.2) is 4.39 Å². The summed E-state index contributed by atoms with van der Waals surface area (Å²) in [6.45, 7) is 0. The number of aldehydes is 1. The minimum absolute atomic E-state index is 0.223. The number of benzene rings is 2. The van der Waals surface area contributed by atoms with E-state index in [4.69, 9.17) is 4.74 Å². The number of hydrogen-bond donors (Lipinski definition) is 0. The summed E-state index contributed by atoms with van der Waals surface area (Å²) in [5, 5.41) is 0. The topological polar surface area (TPSA) is 26.3 Å². The average Bonchev–Trinajstić information content (AvgIpc) is 2.88. The second kappa shape index (κ2) is 4.84. The normalized spacial score (nSPS) is 13.1. The molecule has 0 bridgehead atoms. The zero-order chi connectivity index (χ0) is 13.2. The number of carbonyl (C=O) groups excluding carboxylic acids is 1. The molecule has 3 rings (SSSR count). The largest absolute Gasteiger partial charge is 0.457 e. The fourth-order valence-electron chi connectivity index (χ4n) is 2.44. The average molecular weight is 256 g/mol. The fourth-order valence-corrected chi connectivity index (χ4v) is 2.44. The number of ether oxygens (including phenoxy) is 1. The number of rotatable bonds is 3. The van der Waals surface area contributed by atoms with Crippen molar-refractivity contribution in [1.29, 1.82) is 0 Å². The van der Waals surface area contributed by atoms with Crippen LogP contribution < -0.4 is 4.74 Å². The van der Waals surface area contributed by atoms with Crippen LogP contribution in [0.1, 0.15) is 27.9 Å². The Labute approximate surface area is 110 Å².